The van der Waals surface area contributed by atoms with E-state index in [2.05, 4.69) is 20.0 Å². The molecule has 0 atom stereocenters. The van der Waals surface area contributed by atoms with Crippen molar-refractivity contribution in [1.29, 1.82) is 0 Å². The monoisotopic (exact) mass is 434 g/mol. The van der Waals surface area contributed by atoms with Crippen LogP contribution in [-0.4, -0.2) is 68.8 Å². The predicted molar refractivity (Wildman–Crippen MR) is 97.9 cm³/mol. The Hall–Kier alpha value is -2.42. The van der Waals surface area contributed by atoms with E-state index in [-0.39, 0.29) is 12.3 Å². The third-order valence-electron chi connectivity index (χ3n) is 3.52. The molecule has 0 unspecified atom stereocenters. The SMILES string of the molecule is CO/N=C(\CNS(=O)(=O)c1ncn(S(=O)(=O)N(C)C)n1)c1ccc(F)cc1C. The molecule has 0 aliphatic rings. The normalized spacial score (nSPS) is 13.1. The molecule has 0 amide bonds. The molecule has 28 heavy (non-hydrogen) atoms. The van der Waals surface area contributed by atoms with Crippen LogP contribution >= 0.6 is 0 Å². The molecular weight excluding hydrogens is 415 g/mol. The number of aromatic nitrogens is 3. The highest BCUT2D eigenvalue weighted by Gasteiger charge is 2.25. The van der Waals surface area contributed by atoms with Gasteiger partial charge in [-0.1, -0.05) is 5.16 Å². The molecule has 0 aliphatic heterocycles. The summed E-state index contributed by atoms with van der Waals surface area (Å²) in [4.78, 5) is 8.27. The largest absolute Gasteiger partial charge is 0.399 e. The van der Waals surface area contributed by atoms with E-state index in [0.717, 1.165) is 10.6 Å². The summed E-state index contributed by atoms with van der Waals surface area (Å²) in [5.41, 5.74) is 1.18. The maximum absolute atomic E-state index is 13.3. The van der Waals surface area contributed by atoms with Gasteiger partial charge in [-0.05, 0) is 30.7 Å². The van der Waals surface area contributed by atoms with Gasteiger partial charge in [-0.25, -0.2) is 22.5 Å². The Kier molecular flexibility index (Phi) is 6.48. The minimum absolute atomic E-state index is 0.184. The fourth-order valence-electron chi connectivity index (χ4n) is 2.10. The molecule has 14 heteroatoms. The molecule has 1 aromatic carbocycles. The lowest BCUT2D eigenvalue weighted by Gasteiger charge is -2.10. The van der Waals surface area contributed by atoms with Crippen LogP contribution in [0.3, 0.4) is 0 Å². The van der Waals surface area contributed by atoms with Crippen LogP contribution in [0.4, 0.5) is 4.39 Å². The lowest BCUT2D eigenvalue weighted by molar-refractivity contribution is 0.213. The van der Waals surface area contributed by atoms with Crippen LogP contribution in [0.5, 0.6) is 0 Å². The third-order valence-corrected chi connectivity index (χ3v) is 6.28. The second-order valence-electron chi connectivity index (χ2n) is 5.69. The van der Waals surface area contributed by atoms with Crippen molar-refractivity contribution in [3.8, 4) is 0 Å². The molecule has 1 aromatic heterocycles. The molecule has 0 radical (unpaired) electrons. The molecule has 11 nitrogen and oxygen atoms in total. The van der Waals surface area contributed by atoms with Crippen LogP contribution in [0.2, 0.25) is 0 Å². The van der Waals surface area contributed by atoms with Crippen molar-refractivity contribution in [2.75, 3.05) is 27.7 Å². The van der Waals surface area contributed by atoms with Crippen molar-refractivity contribution in [2.24, 2.45) is 5.16 Å². The van der Waals surface area contributed by atoms with Crippen LogP contribution in [-0.2, 0) is 25.1 Å². The third kappa shape index (κ3) is 4.70. The van der Waals surface area contributed by atoms with Crippen molar-refractivity contribution in [3.05, 3.63) is 41.5 Å². The van der Waals surface area contributed by atoms with E-state index < -0.39 is 31.2 Å². The van der Waals surface area contributed by atoms with Crippen LogP contribution in [0, 0.1) is 12.7 Å². The van der Waals surface area contributed by atoms with Crippen LogP contribution in [0.1, 0.15) is 11.1 Å². The van der Waals surface area contributed by atoms with Crippen LogP contribution < -0.4 is 4.72 Å². The fraction of sp³-hybridized carbons (Fsp3) is 0.357. The summed E-state index contributed by atoms with van der Waals surface area (Å²) >= 11 is 0. The van der Waals surface area contributed by atoms with E-state index in [9.17, 15) is 21.2 Å². The molecule has 154 valence electrons. The van der Waals surface area contributed by atoms with Crippen molar-refractivity contribution in [2.45, 2.75) is 12.1 Å². The van der Waals surface area contributed by atoms with Crippen molar-refractivity contribution < 1.29 is 26.1 Å². The summed E-state index contributed by atoms with van der Waals surface area (Å²) in [7, 11) is -4.45. The number of benzene rings is 1. The number of hydrogen-bond donors (Lipinski definition) is 1. The number of nitrogens with one attached hydrogen (secondary N) is 1. The molecule has 0 fully saturated rings. The summed E-state index contributed by atoms with van der Waals surface area (Å²) in [6.07, 6.45) is 0.776. The first-order valence-electron chi connectivity index (χ1n) is 7.70. The van der Waals surface area contributed by atoms with Gasteiger partial charge in [-0.2, -0.15) is 12.7 Å². The molecule has 0 aliphatic carbocycles. The van der Waals surface area contributed by atoms with E-state index in [1.807, 2.05) is 0 Å². The first-order valence-corrected chi connectivity index (χ1v) is 10.6. The van der Waals surface area contributed by atoms with Gasteiger partial charge in [0.25, 0.3) is 15.2 Å². The number of hydrogen-bond acceptors (Lipinski definition) is 8. The average molecular weight is 434 g/mol. The predicted octanol–water partition coefficient (Wildman–Crippen LogP) is -0.291. The number of nitrogens with zero attached hydrogens (tertiary/aromatic N) is 5. The minimum atomic E-state index is -4.25. The lowest BCUT2D eigenvalue weighted by Crippen LogP contribution is -2.32. The van der Waals surface area contributed by atoms with Crippen LogP contribution in [0.25, 0.3) is 0 Å². The fourth-order valence-corrected chi connectivity index (χ4v) is 3.67. The number of rotatable bonds is 8. The van der Waals surface area contributed by atoms with Gasteiger partial charge in [0.05, 0.1) is 6.54 Å². The average Bonchev–Trinajstić information content (AvgIpc) is 3.11. The van der Waals surface area contributed by atoms with E-state index in [0.29, 0.717) is 15.2 Å². The molecule has 2 rings (SSSR count). The number of halogens is 1. The maximum Gasteiger partial charge on any atom is 0.323 e. The van der Waals surface area contributed by atoms with Gasteiger partial charge < -0.3 is 4.84 Å². The molecule has 2 aromatic rings. The van der Waals surface area contributed by atoms with Gasteiger partial charge in [-0.15, -0.1) is 9.19 Å². The van der Waals surface area contributed by atoms with Gasteiger partial charge in [-0.3, -0.25) is 0 Å². The summed E-state index contributed by atoms with van der Waals surface area (Å²) in [6.45, 7) is 1.31. The smallest absolute Gasteiger partial charge is 0.323 e. The first kappa shape index (κ1) is 21.9. The lowest BCUT2D eigenvalue weighted by atomic mass is 10.0. The summed E-state index contributed by atoms with van der Waals surface area (Å²) in [5.74, 6) is -0.449. The second-order valence-corrected chi connectivity index (χ2v) is 9.35. The van der Waals surface area contributed by atoms with E-state index in [1.165, 1.54) is 39.4 Å². The van der Waals surface area contributed by atoms with Gasteiger partial charge in [0.2, 0.25) is 0 Å². The van der Waals surface area contributed by atoms with E-state index in [4.69, 9.17) is 4.84 Å². The molecule has 0 saturated heterocycles. The second kappa shape index (κ2) is 8.30. The number of sulfonamides is 1. The number of oxime groups is 1. The van der Waals surface area contributed by atoms with Gasteiger partial charge in [0.15, 0.2) is 0 Å². The molecule has 1 heterocycles. The Balaban J connectivity index is 2.26. The highest BCUT2D eigenvalue weighted by atomic mass is 32.2. The Morgan fingerprint density at radius 2 is 2.00 bits per heavy atom. The van der Waals surface area contributed by atoms with E-state index in [1.54, 1.807) is 6.92 Å². The summed E-state index contributed by atoms with van der Waals surface area (Å²) < 4.78 is 65.6. The molecule has 0 spiro atoms. The van der Waals surface area contributed by atoms with Gasteiger partial charge in [0.1, 0.15) is 25.0 Å². The maximum atomic E-state index is 13.3. The van der Waals surface area contributed by atoms with Crippen molar-refractivity contribution >= 4 is 25.9 Å². The summed E-state index contributed by atoms with van der Waals surface area (Å²) in [5, 5.41) is 6.54. The first-order chi connectivity index (χ1) is 13.0. The zero-order valence-corrected chi connectivity index (χ0v) is 17.1. The number of aryl methyl sites for hydroxylation is 1. The Morgan fingerprint density at radius 1 is 1.32 bits per heavy atom. The Morgan fingerprint density at radius 3 is 2.57 bits per heavy atom. The van der Waals surface area contributed by atoms with Gasteiger partial charge in [0, 0.05) is 19.7 Å². The zero-order chi connectivity index (χ0) is 21.1. The Bertz CT molecular complexity index is 1100. The minimum Gasteiger partial charge on any atom is -0.399 e. The van der Waals surface area contributed by atoms with Crippen molar-refractivity contribution in [3.63, 3.8) is 0 Å². The van der Waals surface area contributed by atoms with Crippen LogP contribution in [0.15, 0.2) is 34.8 Å². The highest BCUT2D eigenvalue weighted by molar-refractivity contribution is 7.89. The highest BCUT2D eigenvalue weighted by Crippen LogP contribution is 2.12. The quantitative estimate of drug-likeness (QED) is 0.445. The Labute approximate surface area is 162 Å². The molecule has 1 N–H and O–H groups in total. The van der Waals surface area contributed by atoms with E-state index >= 15 is 0 Å². The topological polar surface area (TPSA) is 136 Å². The molecular formula is C14H19FN6O5S2. The standard InChI is InChI=1S/C14H19FN6O5S2/c1-10-7-11(15)5-6-12(10)13(19-26-4)8-17-27(22,23)14-16-9-21(18-14)28(24,25)20(2)3/h5-7,9,17H,8H2,1-4H3/b19-13+. The molecule has 0 saturated carbocycles. The van der Waals surface area contributed by atoms with Gasteiger partial charge >= 0.3 is 10.2 Å². The summed E-state index contributed by atoms with van der Waals surface area (Å²) in [6, 6.07) is 3.91. The van der Waals surface area contributed by atoms with Crippen molar-refractivity contribution in [1.82, 2.24) is 23.2 Å². The molecule has 0 bridgehead atoms. The zero-order valence-electron chi connectivity index (χ0n) is 15.5.